The van der Waals surface area contributed by atoms with Gasteiger partial charge in [-0.2, -0.15) is 0 Å². The molecular formula is C16H17NO3. The lowest BCUT2D eigenvalue weighted by Crippen LogP contribution is -2.23. The smallest absolute Gasteiger partial charge is 0.327 e. The Balaban J connectivity index is 2.13. The average Bonchev–Trinajstić information content (AvgIpc) is 2.48. The molecule has 0 aliphatic carbocycles. The maximum absolute atomic E-state index is 11.6. The van der Waals surface area contributed by atoms with E-state index in [1.165, 1.54) is 0 Å². The molecule has 104 valence electrons. The van der Waals surface area contributed by atoms with Gasteiger partial charge in [0.15, 0.2) is 0 Å². The molecule has 2 rings (SSSR count). The number of carbonyl (C=O) groups is 1. The summed E-state index contributed by atoms with van der Waals surface area (Å²) in [5.41, 5.74) is 6.52. The van der Waals surface area contributed by atoms with Crippen LogP contribution in [0, 0.1) is 0 Å². The van der Waals surface area contributed by atoms with Crippen LogP contribution in [-0.4, -0.2) is 12.6 Å². The van der Waals surface area contributed by atoms with Crippen LogP contribution < -0.4 is 10.5 Å². The number of hydrogen-bond donors (Lipinski definition) is 1. The molecule has 0 spiro atoms. The molecule has 20 heavy (non-hydrogen) atoms. The third kappa shape index (κ3) is 3.59. The summed E-state index contributed by atoms with van der Waals surface area (Å²) in [6, 6.07) is 15.8. The van der Waals surface area contributed by atoms with E-state index in [2.05, 4.69) is 0 Å². The van der Waals surface area contributed by atoms with Crippen molar-refractivity contribution in [1.29, 1.82) is 0 Å². The first kappa shape index (κ1) is 14.1. The minimum atomic E-state index is -0.797. The van der Waals surface area contributed by atoms with Crippen molar-refractivity contribution in [3.63, 3.8) is 0 Å². The lowest BCUT2D eigenvalue weighted by Gasteiger charge is -2.12. The number of hydrogen-bond acceptors (Lipinski definition) is 4. The zero-order valence-electron chi connectivity index (χ0n) is 11.3. The molecular weight excluding hydrogens is 254 g/mol. The summed E-state index contributed by atoms with van der Waals surface area (Å²) in [6.45, 7) is 2.06. The van der Waals surface area contributed by atoms with Gasteiger partial charge in [0.25, 0.3) is 0 Å². The third-order valence-electron chi connectivity index (χ3n) is 2.74. The van der Waals surface area contributed by atoms with Gasteiger partial charge in [-0.3, -0.25) is 0 Å². The van der Waals surface area contributed by atoms with Crippen molar-refractivity contribution in [3.8, 4) is 11.5 Å². The van der Waals surface area contributed by atoms with Gasteiger partial charge in [-0.15, -0.1) is 0 Å². The van der Waals surface area contributed by atoms with Gasteiger partial charge >= 0.3 is 5.97 Å². The molecule has 4 heteroatoms. The van der Waals surface area contributed by atoms with Gasteiger partial charge in [0, 0.05) is 0 Å². The number of nitrogens with two attached hydrogens (primary N) is 1. The van der Waals surface area contributed by atoms with Crippen molar-refractivity contribution in [2.75, 3.05) is 6.61 Å². The Morgan fingerprint density at radius 1 is 1.10 bits per heavy atom. The number of ether oxygens (including phenoxy) is 2. The van der Waals surface area contributed by atoms with Crippen LogP contribution in [0.5, 0.6) is 11.5 Å². The fraction of sp³-hybridized carbons (Fsp3) is 0.188. The molecule has 0 aliphatic heterocycles. The van der Waals surface area contributed by atoms with Crippen LogP contribution in [0.25, 0.3) is 0 Å². The van der Waals surface area contributed by atoms with Gasteiger partial charge in [-0.25, -0.2) is 4.79 Å². The monoisotopic (exact) mass is 271 g/mol. The molecule has 4 nitrogen and oxygen atoms in total. The van der Waals surface area contributed by atoms with E-state index in [0.29, 0.717) is 17.9 Å². The Hall–Kier alpha value is -2.33. The minimum Gasteiger partial charge on any atom is -0.465 e. The molecule has 2 aromatic rings. The van der Waals surface area contributed by atoms with Crippen molar-refractivity contribution < 1.29 is 14.3 Å². The van der Waals surface area contributed by atoms with Gasteiger partial charge < -0.3 is 15.2 Å². The van der Waals surface area contributed by atoms with Crippen LogP contribution >= 0.6 is 0 Å². The van der Waals surface area contributed by atoms with Crippen LogP contribution in [0.3, 0.4) is 0 Å². The highest BCUT2D eigenvalue weighted by molar-refractivity contribution is 5.77. The largest absolute Gasteiger partial charge is 0.465 e. The lowest BCUT2D eigenvalue weighted by molar-refractivity contribution is -0.144. The zero-order chi connectivity index (χ0) is 14.4. The average molecular weight is 271 g/mol. The quantitative estimate of drug-likeness (QED) is 0.849. The van der Waals surface area contributed by atoms with E-state index >= 15 is 0 Å². The molecule has 2 N–H and O–H groups in total. The second-order valence-corrected chi connectivity index (χ2v) is 4.22. The summed E-state index contributed by atoms with van der Waals surface area (Å²) in [6.07, 6.45) is 0. The highest BCUT2D eigenvalue weighted by Crippen LogP contribution is 2.24. The molecule has 0 aromatic heterocycles. The van der Waals surface area contributed by atoms with Gasteiger partial charge in [0.05, 0.1) is 6.61 Å². The number of benzene rings is 2. The highest BCUT2D eigenvalue weighted by Gasteiger charge is 2.17. The SMILES string of the molecule is CCOC(=O)C(N)c1cccc(Oc2ccccc2)c1. The van der Waals surface area contributed by atoms with E-state index in [-0.39, 0.29) is 0 Å². The molecule has 0 radical (unpaired) electrons. The predicted molar refractivity (Wildman–Crippen MR) is 76.5 cm³/mol. The topological polar surface area (TPSA) is 61.5 Å². The van der Waals surface area contributed by atoms with Crippen molar-refractivity contribution >= 4 is 5.97 Å². The first-order valence-corrected chi connectivity index (χ1v) is 6.46. The minimum absolute atomic E-state index is 0.312. The highest BCUT2D eigenvalue weighted by atomic mass is 16.5. The van der Waals surface area contributed by atoms with Crippen LogP contribution in [0.2, 0.25) is 0 Å². The second-order valence-electron chi connectivity index (χ2n) is 4.22. The number of para-hydroxylation sites is 1. The van der Waals surface area contributed by atoms with Crippen molar-refractivity contribution in [2.45, 2.75) is 13.0 Å². The molecule has 0 saturated heterocycles. The molecule has 1 unspecified atom stereocenters. The van der Waals surface area contributed by atoms with Crippen LogP contribution in [0.1, 0.15) is 18.5 Å². The summed E-state index contributed by atoms with van der Waals surface area (Å²) in [7, 11) is 0. The van der Waals surface area contributed by atoms with Crippen molar-refractivity contribution in [1.82, 2.24) is 0 Å². The Labute approximate surface area is 118 Å². The van der Waals surface area contributed by atoms with Gasteiger partial charge in [0.2, 0.25) is 0 Å². The summed E-state index contributed by atoms with van der Waals surface area (Å²) >= 11 is 0. The molecule has 0 amide bonds. The molecule has 0 heterocycles. The Kier molecular flexibility index (Phi) is 4.74. The third-order valence-corrected chi connectivity index (χ3v) is 2.74. The first-order valence-electron chi connectivity index (χ1n) is 6.46. The van der Waals surface area contributed by atoms with E-state index in [9.17, 15) is 4.79 Å². The van der Waals surface area contributed by atoms with Crippen molar-refractivity contribution in [2.24, 2.45) is 5.73 Å². The summed E-state index contributed by atoms with van der Waals surface area (Å²) in [5.74, 6) is 0.923. The predicted octanol–water partition coefficient (Wildman–Crippen LogP) is 3.04. The van der Waals surface area contributed by atoms with E-state index in [1.54, 1.807) is 25.1 Å². The normalized spacial score (nSPS) is 11.7. The Morgan fingerprint density at radius 3 is 2.50 bits per heavy atom. The molecule has 0 aliphatic rings. The molecule has 0 fully saturated rings. The van der Waals surface area contributed by atoms with Crippen LogP contribution in [0.15, 0.2) is 54.6 Å². The summed E-state index contributed by atoms with van der Waals surface area (Å²) in [4.78, 5) is 11.6. The molecule has 1 atom stereocenters. The van der Waals surface area contributed by atoms with Crippen LogP contribution in [-0.2, 0) is 9.53 Å². The zero-order valence-corrected chi connectivity index (χ0v) is 11.3. The fourth-order valence-electron chi connectivity index (χ4n) is 1.76. The molecule has 2 aromatic carbocycles. The van der Waals surface area contributed by atoms with E-state index in [4.69, 9.17) is 15.2 Å². The number of rotatable bonds is 5. The lowest BCUT2D eigenvalue weighted by atomic mass is 10.1. The van der Waals surface area contributed by atoms with Gasteiger partial charge in [-0.05, 0) is 36.8 Å². The first-order chi connectivity index (χ1) is 9.70. The maximum atomic E-state index is 11.6. The fourth-order valence-corrected chi connectivity index (χ4v) is 1.76. The van der Waals surface area contributed by atoms with E-state index in [1.807, 2.05) is 36.4 Å². The standard InChI is InChI=1S/C16H17NO3/c1-2-19-16(18)15(17)12-7-6-10-14(11-12)20-13-8-4-3-5-9-13/h3-11,15H,2,17H2,1H3. The number of esters is 1. The number of carbonyl (C=O) groups excluding carboxylic acids is 1. The Morgan fingerprint density at radius 2 is 1.80 bits per heavy atom. The second kappa shape index (κ2) is 6.73. The molecule has 0 bridgehead atoms. The van der Waals surface area contributed by atoms with E-state index in [0.717, 1.165) is 5.75 Å². The summed E-state index contributed by atoms with van der Waals surface area (Å²) < 4.78 is 10.6. The van der Waals surface area contributed by atoms with Gasteiger partial charge in [0.1, 0.15) is 17.5 Å². The van der Waals surface area contributed by atoms with Crippen molar-refractivity contribution in [3.05, 3.63) is 60.2 Å². The van der Waals surface area contributed by atoms with Gasteiger partial charge in [-0.1, -0.05) is 30.3 Å². The van der Waals surface area contributed by atoms with Crippen LogP contribution in [0.4, 0.5) is 0 Å². The molecule has 0 saturated carbocycles. The summed E-state index contributed by atoms with van der Waals surface area (Å²) in [5, 5.41) is 0. The maximum Gasteiger partial charge on any atom is 0.327 e. The van der Waals surface area contributed by atoms with E-state index < -0.39 is 12.0 Å². The Bertz CT molecular complexity index is 569.